The van der Waals surface area contributed by atoms with Crippen molar-refractivity contribution >= 4 is 11.9 Å². The van der Waals surface area contributed by atoms with Crippen LogP contribution < -0.4 is 4.74 Å². The fourth-order valence-electron chi connectivity index (χ4n) is 2.79. The molecule has 0 aliphatic carbocycles. The molecule has 2 aromatic carbocycles. The molecule has 1 amide bonds. The number of benzene rings is 2. The summed E-state index contributed by atoms with van der Waals surface area (Å²) in [5, 5.41) is 0. The molecule has 0 atom stereocenters. The first-order valence-corrected chi connectivity index (χ1v) is 9.71. The Labute approximate surface area is 167 Å². The molecule has 0 heterocycles. The van der Waals surface area contributed by atoms with Gasteiger partial charge < -0.3 is 14.4 Å². The minimum atomic E-state index is -0.284. The summed E-state index contributed by atoms with van der Waals surface area (Å²) < 4.78 is 10.7. The van der Waals surface area contributed by atoms with Crippen LogP contribution in [0, 0.1) is 5.92 Å². The second-order valence-electron chi connectivity index (χ2n) is 7.00. The van der Waals surface area contributed by atoms with Gasteiger partial charge in [0.2, 0.25) is 0 Å². The van der Waals surface area contributed by atoms with Gasteiger partial charge in [0.25, 0.3) is 5.91 Å². The molecule has 2 rings (SSSR count). The molecule has 2 aromatic rings. The number of carbonyl (C=O) groups excluding carboxylic acids is 2. The van der Waals surface area contributed by atoms with Gasteiger partial charge in [-0.1, -0.05) is 44.2 Å². The Morgan fingerprint density at radius 2 is 1.68 bits per heavy atom. The van der Waals surface area contributed by atoms with Crippen LogP contribution in [0.25, 0.3) is 0 Å². The van der Waals surface area contributed by atoms with Gasteiger partial charge in [-0.3, -0.25) is 9.59 Å². The fraction of sp³-hybridized carbons (Fsp3) is 0.391. The van der Waals surface area contributed by atoms with E-state index in [2.05, 4.69) is 0 Å². The Balaban J connectivity index is 1.97. The molecule has 0 saturated heterocycles. The van der Waals surface area contributed by atoms with Gasteiger partial charge in [-0.05, 0) is 42.7 Å². The average Bonchev–Trinajstić information content (AvgIpc) is 2.70. The number of rotatable bonds is 10. The molecule has 0 spiro atoms. The van der Waals surface area contributed by atoms with Crippen molar-refractivity contribution < 1.29 is 19.1 Å². The molecular formula is C23H29NO4. The third-order valence-corrected chi connectivity index (χ3v) is 4.11. The molecule has 150 valence electrons. The summed E-state index contributed by atoms with van der Waals surface area (Å²) in [6, 6.07) is 17.1. The lowest BCUT2D eigenvalue weighted by Gasteiger charge is -2.24. The van der Waals surface area contributed by atoms with Crippen LogP contribution in [-0.2, 0) is 16.1 Å². The van der Waals surface area contributed by atoms with Gasteiger partial charge in [-0.25, -0.2) is 0 Å². The lowest BCUT2D eigenvalue weighted by Crippen LogP contribution is -2.36. The zero-order valence-electron chi connectivity index (χ0n) is 16.9. The molecule has 0 radical (unpaired) electrons. The maximum absolute atomic E-state index is 12.9. The summed E-state index contributed by atoms with van der Waals surface area (Å²) in [5.41, 5.74) is 1.67. The number of nitrogens with zero attached hydrogens (tertiary/aromatic N) is 1. The highest BCUT2D eigenvalue weighted by atomic mass is 16.5. The van der Waals surface area contributed by atoms with Crippen molar-refractivity contribution in [2.45, 2.75) is 33.8 Å². The number of esters is 1. The second kappa shape index (κ2) is 11.1. The van der Waals surface area contributed by atoms with E-state index in [1.54, 1.807) is 36.1 Å². The summed E-state index contributed by atoms with van der Waals surface area (Å²) in [4.78, 5) is 26.2. The largest absolute Gasteiger partial charge is 0.489 e. The Hall–Kier alpha value is -2.82. The molecule has 28 heavy (non-hydrogen) atoms. The minimum absolute atomic E-state index is 0.0902. The van der Waals surface area contributed by atoms with E-state index in [4.69, 9.17) is 9.47 Å². The normalized spacial score (nSPS) is 10.6. The Morgan fingerprint density at radius 3 is 2.29 bits per heavy atom. The SMILES string of the molecule is CCOC(=O)CCN(CC(C)C)C(=O)c1ccc(OCc2ccccc2)cc1. The number of amides is 1. The predicted molar refractivity (Wildman–Crippen MR) is 109 cm³/mol. The average molecular weight is 383 g/mol. The molecular weight excluding hydrogens is 354 g/mol. The highest BCUT2D eigenvalue weighted by molar-refractivity contribution is 5.94. The summed E-state index contributed by atoms with van der Waals surface area (Å²) in [6.07, 6.45) is 0.199. The van der Waals surface area contributed by atoms with E-state index < -0.39 is 0 Å². The van der Waals surface area contributed by atoms with Gasteiger partial charge >= 0.3 is 5.97 Å². The topological polar surface area (TPSA) is 55.8 Å². The summed E-state index contributed by atoms with van der Waals surface area (Å²) in [5.74, 6) is 0.642. The van der Waals surface area contributed by atoms with Gasteiger partial charge in [0.15, 0.2) is 0 Å². The predicted octanol–water partition coefficient (Wildman–Crippen LogP) is 4.32. The van der Waals surface area contributed by atoms with Crippen LogP contribution in [0.2, 0.25) is 0 Å². The minimum Gasteiger partial charge on any atom is -0.489 e. The molecule has 5 nitrogen and oxygen atoms in total. The van der Waals surface area contributed by atoms with Crippen molar-refractivity contribution in [3.8, 4) is 5.75 Å². The summed E-state index contributed by atoms with van der Waals surface area (Å²) in [7, 11) is 0. The zero-order valence-corrected chi connectivity index (χ0v) is 16.9. The standard InChI is InChI=1S/C23H29NO4/c1-4-27-22(25)14-15-24(16-18(2)3)23(26)20-10-12-21(13-11-20)28-17-19-8-6-5-7-9-19/h5-13,18H,4,14-17H2,1-3H3. The van der Waals surface area contributed by atoms with Gasteiger partial charge in [0.1, 0.15) is 12.4 Å². The van der Waals surface area contributed by atoms with Crippen molar-refractivity contribution in [2.75, 3.05) is 19.7 Å². The summed E-state index contributed by atoms with van der Waals surface area (Å²) in [6.45, 7) is 7.63. The van der Waals surface area contributed by atoms with Crippen LogP contribution in [0.1, 0.15) is 43.1 Å². The highest BCUT2D eigenvalue weighted by Crippen LogP contribution is 2.16. The first-order valence-electron chi connectivity index (χ1n) is 9.71. The van der Waals surface area contributed by atoms with Gasteiger partial charge in [-0.15, -0.1) is 0 Å². The van der Waals surface area contributed by atoms with Gasteiger partial charge in [0.05, 0.1) is 13.0 Å². The number of ether oxygens (including phenoxy) is 2. The molecule has 0 fully saturated rings. The third-order valence-electron chi connectivity index (χ3n) is 4.11. The van der Waals surface area contributed by atoms with Crippen molar-refractivity contribution in [2.24, 2.45) is 5.92 Å². The van der Waals surface area contributed by atoms with Crippen LogP contribution in [0.5, 0.6) is 5.75 Å². The van der Waals surface area contributed by atoms with Crippen molar-refractivity contribution in [3.63, 3.8) is 0 Å². The molecule has 5 heteroatoms. The summed E-state index contributed by atoms with van der Waals surface area (Å²) >= 11 is 0. The van der Waals surface area contributed by atoms with Gasteiger partial charge in [-0.2, -0.15) is 0 Å². The lowest BCUT2D eigenvalue weighted by atomic mass is 10.1. The Kier molecular flexibility index (Phi) is 8.53. The smallest absolute Gasteiger partial charge is 0.307 e. The molecule has 0 saturated carbocycles. The molecule has 0 N–H and O–H groups in total. The van der Waals surface area contributed by atoms with Crippen LogP contribution in [0.4, 0.5) is 0 Å². The number of hydrogen-bond acceptors (Lipinski definition) is 4. The van der Waals surface area contributed by atoms with E-state index in [0.717, 1.165) is 5.56 Å². The zero-order chi connectivity index (χ0) is 20.4. The fourth-order valence-corrected chi connectivity index (χ4v) is 2.79. The second-order valence-corrected chi connectivity index (χ2v) is 7.00. The van der Waals surface area contributed by atoms with E-state index in [1.165, 1.54) is 0 Å². The van der Waals surface area contributed by atoms with E-state index in [0.29, 0.717) is 43.5 Å². The van der Waals surface area contributed by atoms with Crippen molar-refractivity contribution in [3.05, 3.63) is 65.7 Å². The van der Waals surface area contributed by atoms with Crippen molar-refractivity contribution in [1.29, 1.82) is 0 Å². The van der Waals surface area contributed by atoms with Gasteiger partial charge in [0, 0.05) is 18.7 Å². The molecule has 0 bridgehead atoms. The van der Waals surface area contributed by atoms with E-state index in [-0.39, 0.29) is 18.3 Å². The quantitative estimate of drug-likeness (QED) is 0.574. The first-order chi connectivity index (χ1) is 13.5. The number of carbonyl (C=O) groups is 2. The van der Waals surface area contributed by atoms with Crippen molar-refractivity contribution in [1.82, 2.24) is 4.90 Å². The number of hydrogen-bond donors (Lipinski definition) is 0. The van der Waals surface area contributed by atoms with E-state index >= 15 is 0 Å². The maximum Gasteiger partial charge on any atom is 0.307 e. The Morgan fingerprint density at radius 1 is 1.00 bits per heavy atom. The van der Waals surface area contributed by atoms with Crippen LogP contribution in [-0.4, -0.2) is 36.5 Å². The lowest BCUT2D eigenvalue weighted by molar-refractivity contribution is -0.143. The van der Waals surface area contributed by atoms with E-state index in [1.807, 2.05) is 44.2 Å². The Bertz CT molecular complexity index is 741. The van der Waals surface area contributed by atoms with E-state index in [9.17, 15) is 9.59 Å². The van der Waals surface area contributed by atoms with Crippen LogP contribution >= 0.6 is 0 Å². The monoisotopic (exact) mass is 383 g/mol. The third kappa shape index (κ3) is 7.06. The maximum atomic E-state index is 12.9. The molecule has 0 aliphatic rings. The van der Waals surface area contributed by atoms with Crippen LogP contribution in [0.3, 0.4) is 0 Å². The molecule has 0 aliphatic heterocycles. The van der Waals surface area contributed by atoms with Crippen LogP contribution in [0.15, 0.2) is 54.6 Å². The first kappa shape index (κ1) is 21.5. The highest BCUT2D eigenvalue weighted by Gasteiger charge is 2.18. The molecule has 0 aromatic heterocycles. The molecule has 0 unspecified atom stereocenters.